The molecule has 2 aromatic carbocycles. The number of rotatable bonds is 5. The molecule has 0 spiro atoms. The summed E-state index contributed by atoms with van der Waals surface area (Å²) in [5.74, 6) is 0. The molecule has 1 saturated heterocycles. The number of morpholine rings is 1. The van der Waals surface area contributed by atoms with Crippen LogP contribution in [-0.4, -0.2) is 59.6 Å². The molecule has 3 aromatic rings. The van der Waals surface area contributed by atoms with Gasteiger partial charge in [0.1, 0.15) is 0 Å². The fourth-order valence-corrected chi connectivity index (χ4v) is 4.60. The van der Waals surface area contributed by atoms with E-state index in [2.05, 4.69) is 32.4 Å². The third-order valence-corrected chi connectivity index (χ3v) is 6.28. The lowest BCUT2D eigenvalue weighted by Gasteiger charge is -2.26. The van der Waals surface area contributed by atoms with Gasteiger partial charge in [-0.1, -0.05) is 24.3 Å². The first-order valence-corrected chi connectivity index (χ1v) is 10.9. The number of aromatic nitrogens is 1. The molecular weight excluding hydrogens is 392 g/mol. The maximum absolute atomic E-state index is 12.6. The monoisotopic (exact) mass is 420 g/mol. The van der Waals surface area contributed by atoms with Crippen molar-refractivity contribution in [2.45, 2.75) is 25.1 Å². The fraction of sp³-hybridized carbons (Fsp3) is 0.375. The van der Waals surface area contributed by atoms with Gasteiger partial charge in [-0.15, -0.1) is 0 Å². The zero-order valence-corrected chi connectivity index (χ0v) is 17.5. The van der Waals surface area contributed by atoms with Crippen molar-refractivity contribution in [1.82, 2.24) is 14.8 Å². The van der Waals surface area contributed by atoms with Gasteiger partial charge in [0.15, 0.2) is 0 Å². The van der Waals surface area contributed by atoms with Crippen molar-refractivity contribution >= 4 is 22.6 Å². The van der Waals surface area contributed by atoms with E-state index in [0.29, 0.717) is 6.42 Å². The molecule has 2 atom stereocenters. The molecule has 2 aliphatic rings. The van der Waals surface area contributed by atoms with E-state index < -0.39 is 6.10 Å². The van der Waals surface area contributed by atoms with E-state index in [4.69, 9.17) is 4.74 Å². The van der Waals surface area contributed by atoms with Crippen LogP contribution in [0.1, 0.15) is 17.2 Å². The number of hydrogen-bond donors (Lipinski definition) is 3. The Labute approximate surface area is 181 Å². The predicted octanol–water partition coefficient (Wildman–Crippen LogP) is 2.75. The average molecular weight is 421 g/mol. The van der Waals surface area contributed by atoms with Crippen LogP contribution >= 0.6 is 0 Å². The van der Waals surface area contributed by atoms with E-state index in [1.807, 2.05) is 42.5 Å². The Morgan fingerprint density at radius 3 is 2.81 bits per heavy atom. The third kappa shape index (κ3) is 4.30. The third-order valence-electron chi connectivity index (χ3n) is 6.28. The summed E-state index contributed by atoms with van der Waals surface area (Å²) in [6, 6.07) is 15.2. The van der Waals surface area contributed by atoms with Crippen molar-refractivity contribution in [3.05, 3.63) is 65.9 Å². The van der Waals surface area contributed by atoms with Gasteiger partial charge in [0.25, 0.3) is 0 Å². The van der Waals surface area contributed by atoms with Crippen molar-refractivity contribution < 1.29 is 14.6 Å². The Kier molecular flexibility index (Phi) is 5.63. The number of aliphatic hydroxyl groups is 1. The number of amides is 2. The maximum atomic E-state index is 12.6. The number of hydrogen-bond acceptors (Lipinski definition) is 4. The Morgan fingerprint density at radius 1 is 1.10 bits per heavy atom. The van der Waals surface area contributed by atoms with Crippen LogP contribution in [0.3, 0.4) is 0 Å². The van der Waals surface area contributed by atoms with Crippen LogP contribution in [0.4, 0.5) is 10.5 Å². The normalized spacial score (nSPS) is 21.2. The summed E-state index contributed by atoms with van der Waals surface area (Å²) in [7, 11) is 0. The molecular formula is C24H28N4O3. The molecule has 1 fully saturated rings. The maximum Gasteiger partial charge on any atom is 0.319 e. The van der Waals surface area contributed by atoms with E-state index in [0.717, 1.165) is 67.1 Å². The molecule has 5 rings (SSSR count). The van der Waals surface area contributed by atoms with Crippen LogP contribution in [0.15, 0.2) is 54.7 Å². The minimum atomic E-state index is -0.605. The van der Waals surface area contributed by atoms with Crippen molar-refractivity contribution in [3.63, 3.8) is 0 Å². The summed E-state index contributed by atoms with van der Waals surface area (Å²) in [5, 5.41) is 17.3. The van der Waals surface area contributed by atoms with Gasteiger partial charge in [-0.3, -0.25) is 4.90 Å². The highest BCUT2D eigenvalue weighted by Gasteiger charge is 2.31. The summed E-state index contributed by atoms with van der Waals surface area (Å²) in [6.45, 7) is 5.53. The molecule has 0 unspecified atom stereocenters. The molecule has 0 bridgehead atoms. The average Bonchev–Trinajstić information content (AvgIpc) is 3.33. The first-order valence-electron chi connectivity index (χ1n) is 10.9. The lowest BCUT2D eigenvalue weighted by Crippen LogP contribution is -2.38. The molecule has 31 heavy (non-hydrogen) atoms. The second kappa shape index (κ2) is 8.70. The van der Waals surface area contributed by atoms with Crippen molar-refractivity contribution in [1.29, 1.82) is 0 Å². The summed E-state index contributed by atoms with van der Waals surface area (Å²) < 4.78 is 7.67. The van der Waals surface area contributed by atoms with Gasteiger partial charge < -0.3 is 25.0 Å². The minimum Gasteiger partial charge on any atom is -0.390 e. The second-order valence-corrected chi connectivity index (χ2v) is 8.28. The standard InChI is InChI=1S/C24H28N4O3/c29-22-16-17-3-1-2-4-20(17)23(22)26-24(30)25-19-5-6-21-18(15-19)7-8-28(21)10-9-27-11-13-31-14-12-27/h1-8,15,22-23,29H,9-14,16H2,(H2,25,26,30)/t22-,23+/m0/s1. The Hall–Kier alpha value is -2.87. The highest BCUT2D eigenvalue weighted by Crippen LogP contribution is 2.31. The van der Waals surface area contributed by atoms with Gasteiger partial charge in [0, 0.05) is 55.4 Å². The smallest absolute Gasteiger partial charge is 0.319 e. The summed E-state index contributed by atoms with van der Waals surface area (Å²) >= 11 is 0. The number of ether oxygens (including phenoxy) is 1. The lowest BCUT2D eigenvalue weighted by atomic mass is 10.1. The highest BCUT2D eigenvalue weighted by molar-refractivity contribution is 5.93. The highest BCUT2D eigenvalue weighted by atomic mass is 16.5. The predicted molar refractivity (Wildman–Crippen MR) is 120 cm³/mol. The SMILES string of the molecule is O=C(Nc1ccc2c(ccn2CCN2CCOCC2)c1)N[C@@H]1c2ccccc2C[C@@H]1O. The molecule has 162 valence electrons. The van der Waals surface area contributed by atoms with Crippen LogP contribution in [-0.2, 0) is 17.7 Å². The summed E-state index contributed by atoms with van der Waals surface area (Å²) in [6.07, 6.45) is 2.05. The lowest BCUT2D eigenvalue weighted by molar-refractivity contribution is 0.0365. The van der Waals surface area contributed by atoms with Gasteiger partial charge in [-0.05, 0) is 35.4 Å². The van der Waals surface area contributed by atoms with Crippen LogP contribution in [0, 0.1) is 0 Å². The number of benzene rings is 2. The molecule has 7 heteroatoms. The second-order valence-electron chi connectivity index (χ2n) is 8.28. The van der Waals surface area contributed by atoms with Crippen molar-refractivity contribution in [2.75, 3.05) is 38.2 Å². The number of urea groups is 1. The van der Waals surface area contributed by atoms with Crippen molar-refractivity contribution in [2.24, 2.45) is 0 Å². The first-order chi connectivity index (χ1) is 15.2. The number of carbonyl (C=O) groups is 1. The molecule has 2 amide bonds. The molecule has 7 nitrogen and oxygen atoms in total. The van der Waals surface area contributed by atoms with Crippen molar-refractivity contribution in [3.8, 4) is 0 Å². The first kappa shape index (κ1) is 20.1. The van der Waals surface area contributed by atoms with Gasteiger partial charge in [0.2, 0.25) is 0 Å². The van der Waals surface area contributed by atoms with Gasteiger partial charge in [-0.2, -0.15) is 0 Å². The molecule has 3 N–H and O–H groups in total. The Morgan fingerprint density at radius 2 is 1.94 bits per heavy atom. The Balaban J connectivity index is 1.22. The van der Waals surface area contributed by atoms with Gasteiger partial charge in [0.05, 0.1) is 25.4 Å². The fourth-order valence-electron chi connectivity index (χ4n) is 4.60. The zero-order chi connectivity index (χ0) is 21.2. The number of carbonyl (C=O) groups excluding carboxylic acids is 1. The van der Waals surface area contributed by atoms with Crippen LogP contribution in [0.25, 0.3) is 10.9 Å². The molecule has 1 aliphatic heterocycles. The minimum absolute atomic E-state index is 0.313. The van der Waals surface area contributed by atoms with Crippen LogP contribution < -0.4 is 10.6 Å². The van der Waals surface area contributed by atoms with E-state index in [9.17, 15) is 9.90 Å². The quantitative estimate of drug-likeness (QED) is 0.593. The number of fused-ring (bicyclic) bond motifs is 2. The zero-order valence-electron chi connectivity index (χ0n) is 17.5. The van der Waals surface area contributed by atoms with Gasteiger partial charge in [-0.25, -0.2) is 4.79 Å². The largest absolute Gasteiger partial charge is 0.390 e. The van der Waals surface area contributed by atoms with Crippen LogP contribution in [0.5, 0.6) is 0 Å². The molecule has 0 saturated carbocycles. The van der Waals surface area contributed by atoms with E-state index >= 15 is 0 Å². The Bertz CT molecular complexity index is 1070. The summed E-state index contributed by atoms with van der Waals surface area (Å²) in [4.78, 5) is 15.0. The molecule has 1 aromatic heterocycles. The number of nitrogens with one attached hydrogen (secondary N) is 2. The number of aliphatic hydroxyl groups excluding tert-OH is 1. The number of anilines is 1. The van der Waals surface area contributed by atoms with Crippen LogP contribution in [0.2, 0.25) is 0 Å². The van der Waals surface area contributed by atoms with Gasteiger partial charge >= 0.3 is 6.03 Å². The van der Waals surface area contributed by atoms with E-state index in [1.54, 1.807) is 0 Å². The van der Waals surface area contributed by atoms with E-state index in [1.165, 1.54) is 0 Å². The summed E-state index contributed by atoms with van der Waals surface area (Å²) in [5.41, 5.74) is 3.95. The number of nitrogens with zero attached hydrogens (tertiary/aromatic N) is 2. The molecule has 0 radical (unpaired) electrons. The van der Waals surface area contributed by atoms with E-state index in [-0.39, 0.29) is 12.1 Å². The molecule has 1 aliphatic carbocycles. The topological polar surface area (TPSA) is 78.8 Å². The molecule has 2 heterocycles.